The number of rotatable bonds is 8. The number of hydrogen-bond donors (Lipinski definition) is 3. The third-order valence-corrected chi connectivity index (χ3v) is 3.94. The summed E-state index contributed by atoms with van der Waals surface area (Å²) in [5.74, 6) is 0.474. The van der Waals surface area contributed by atoms with E-state index in [0.717, 1.165) is 31.0 Å². The molecule has 0 spiro atoms. The van der Waals surface area contributed by atoms with E-state index in [9.17, 15) is 9.90 Å². The molecule has 17 heavy (non-hydrogen) atoms. The van der Waals surface area contributed by atoms with Crippen molar-refractivity contribution in [3.05, 3.63) is 0 Å². The van der Waals surface area contributed by atoms with Crippen molar-refractivity contribution in [2.45, 2.75) is 64.5 Å². The van der Waals surface area contributed by atoms with E-state index in [0.29, 0.717) is 12.3 Å². The van der Waals surface area contributed by atoms with Crippen LogP contribution in [-0.2, 0) is 0 Å². The van der Waals surface area contributed by atoms with Gasteiger partial charge in [-0.3, -0.25) is 10.1 Å². The second-order valence-electron chi connectivity index (χ2n) is 4.80. The average Bonchev–Trinajstić information content (AvgIpc) is 2.15. The van der Waals surface area contributed by atoms with Gasteiger partial charge in [0.2, 0.25) is 0 Å². The molecule has 0 fully saturated rings. The van der Waals surface area contributed by atoms with Gasteiger partial charge in [0, 0.05) is 0 Å². The smallest absolute Gasteiger partial charge is 0.278 e. The Morgan fingerprint density at radius 3 is 2.53 bits per heavy atom. The summed E-state index contributed by atoms with van der Waals surface area (Å²) in [7, 11) is 0. The van der Waals surface area contributed by atoms with Gasteiger partial charge in [0.25, 0.3) is 5.24 Å². The quantitative estimate of drug-likeness (QED) is 0.588. The third kappa shape index (κ3) is 7.63. The normalized spacial score (nSPS) is 18.4. The summed E-state index contributed by atoms with van der Waals surface area (Å²) >= 11 is 1.04. The summed E-state index contributed by atoms with van der Waals surface area (Å²) in [6.07, 6.45) is 3.05. The lowest BCUT2D eigenvalue weighted by atomic mass is 10.0. The van der Waals surface area contributed by atoms with Gasteiger partial charge in [0.1, 0.15) is 6.23 Å². The molecule has 0 aliphatic carbocycles. The van der Waals surface area contributed by atoms with Gasteiger partial charge in [-0.1, -0.05) is 33.6 Å². The van der Waals surface area contributed by atoms with E-state index in [1.165, 1.54) is 0 Å². The maximum Gasteiger partial charge on any atom is 0.278 e. The molecule has 0 bridgehead atoms. The SMILES string of the molecule is CCCC(C)CC(O)NC(C)(CC)SC(N)=O. The molecule has 4 nitrogen and oxygen atoms in total. The van der Waals surface area contributed by atoms with Crippen LogP contribution in [0.4, 0.5) is 4.79 Å². The molecule has 3 atom stereocenters. The van der Waals surface area contributed by atoms with Crippen molar-refractivity contribution < 1.29 is 9.90 Å². The molecular weight excluding hydrogens is 236 g/mol. The first kappa shape index (κ1) is 16.7. The Labute approximate surface area is 109 Å². The standard InChI is InChI=1S/C12H26N2O2S/c1-5-7-9(3)8-10(15)14-12(4,6-2)17-11(13)16/h9-10,14-15H,5-8H2,1-4H3,(H2,13,16). The Balaban J connectivity index is 4.22. The molecule has 0 aliphatic heterocycles. The Morgan fingerprint density at radius 1 is 1.53 bits per heavy atom. The molecule has 0 aromatic heterocycles. The van der Waals surface area contributed by atoms with E-state index in [1.54, 1.807) is 0 Å². The lowest BCUT2D eigenvalue weighted by Gasteiger charge is -2.31. The second kappa shape index (κ2) is 7.95. The van der Waals surface area contributed by atoms with Crippen LogP contribution < -0.4 is 11.1 Å². The molecule has 0 aromatic rings. The first-order valence-corrected chi connectivity index (χ1v) is 7.08. The molecule has 1 amide bonds. The van der Waals surface area contributed by atoms with E-state index < -0.39 is 16.3 Å². The van der Waals surface area contributed by atoms with Crippen LogP contribution in [0.2, 0.25) is 0 Å². The van der Waals surface area contributed by atoms with Crippen LogP contribution in [0.5, 0.6) is 0 Å². The minimum Gasteiger partial charge on any atom is -0.379 e. The van der Waals surface area contributed by atoms with Gasteiger partial charge in [-0.2, -0.15) is 0 Å². The Hall–Kier alpha value is -0.260. The molecule has 0 aliphatic rings. The molecule has 0 saturated heterocycles. The highest BCUT2D eigenvalue weighted by Crippen LogP contribution is 2.26. The molecule has 0 aromatic carbocycles. The summed E-state index contributed by atoms with van der Waals surface area (Å²) in [6, 6.07) is 0. The van der Waals surface area contributed by atoms with E-state index >= 15 is 0 Å². The van der Waals surface area contributed by atoms with Crippen molar-refractivity contribution in [1.29, 1.82) is 0 Å². The van der Waals surface area contributed by atoms with Gasteiger partial charge >= 0.3 is 0 Å². The number of amides is 1. The maximum absolute atomic E-state index is 10.9. The van der Waals surface area contributed by atoms with Crippen LogP contribution in [0.25, 0.3) is 0 Å². The number of nitrogens with two attached hydrogens (primary N) is 1. The number of carbonyl (C=O) groups excluding carboxylic acids is 1. The summed E-state index contributed by atoms with van der Waals surface area (Å²) in [5.41, 5.74) is 5.18. The number of hydrogen-bond acceptors (Lipinski definition) is 4. The monoisotopic (exact) mass is 262 g/mol. The zero-order valence-corrected chi connectivity index (χ0v) is 12.1. The second-order valence-corrected chi connectivity index (χ2v) is 6.30. The largest absolute Gasteiger partial charge is 0.379 e. The van der Waals surface area contributed by atoms with Crippen molar-refractivity contribution in [2.75, 3.05) is 0 Å². The van der Waals surface area contributed by atoms with Gasteiger partial charge < -0.3 is 10.8 Å². The highest BCUT2D eigenvalue weighted by molar-refractivity contribution is 8.14. The number of thioether (sulfide) groups is 1. The van der Waals surface area contributed by atoms with Crippen LogP contribution in [0, 0.1) is 5.92 Å². The summed E-state index contributed by atoms with van der Waals surface area (Å²) in [5, 5.41) is 12.6. The van der Waals surface area contributed by atoms with E-state index in [-0.39, 0.29) is 0 Å². The van der Waals surface area contributed by atoms with Crippen LogP contribution >= 0.6 is 11.8 Å². The number of aliphatic hydroxyl groups excluding tert-OH is 1. The Bertz CT molecular complexity index is 239. The van der Waals surface area contributed by atoms with Crippen LogP contribution in [0.15, 0.2) is 0 Å². The topological polar surface area (TPSA) is 75.3 Å². The van der Waals surface area contributed by atoms with Crippen LogP contribution in [-0.4, -0.2) is 21.4 Å². The van der Waals surface area contributed by atoms with Crippen molar-refractivity contribution in [3.8, 4) is 0 Å². The highest BCUT2D eigenvalue weighted by atomic mass is 32.2. The molecule has 0 saturated carbocycles. The zero-order chi connectivity index (χ0) is 13.5. The van der Waals surface area contributed by atoms with Crippen molar-refractivity contribution in [2.24, 2.45) is 11.7 Å². The first-order chi connectivity index (χ1) is 7.83. The molecule has 0 heterocycles. The van der Waals surface area contributed by atoms with Crippen molar-refractivity contribution >= 4 is 17.0 Å². The van der Waals surface area contributed by atoms with Crippen molar-refractivity contribution in [1.82, 2.24) is 5.32 Å². The molecule has 4 N–H and O–H groups in total. The van der Waals surface area contributed by atoms with Gasteiger partial charge in [-0.25, -0.2) is 0 Å². The lowest BCUT2D eigenvalue weighted by Crippen LogP contribution is -2.47. The van der Waals surface area contributed by atoms with Crippen LogP contribution in [0.1, 0.15) is 53.4 Å². The maximum atomic E-state index is 10.9. The highest BCUT2D eigenvalue weighted by Gasteiger charge is 2.28. The molecule has 0 radical (unpaired) electrons. The number of aliphatic hydroxyl groups is 1. The predicted octanol–water partition coefficient (Wildman–Crippen LogP) is 2.66. The van der Waals surface area contributed by atoms with Crippen LogP contribution in [0.3, 0.4) is 0 Å². The average molecular weight is 262 g/mol. The summed E-state index contributed by atoms with van der Waals surface area (Å²) < 4.78 is 0. The van der Waals surface area contributed by atoms with E-state index in [1.807, 2.05) is 13.8 Å². The minimum atomic E-state index is -0.589. The van der Waals surface area contributed by atoms with E-state index in [4.69, 9.17) is 5.73 Å². The molecule has 102 valence electrons. The number of nitrogens with one attached hydrogen (secondary N) is 1. The Morgan fingerprint density at radius 2 is 2.12 bits per heavy atom. The fourth-order valence-corrected chi connectivity index (χ4v) is 2.61. The predicted molar refractivity (Wildman–Crippen MR) is 73.7 cm³/mol. The fraction of sp³-hybridized carbons (Fsp3) is 0.917. The molecule has 0 rings (SSSR count). The molecular formula is C12H26N2O2S. The summed E-state index contributed by atoms with van der Waals surface area (Å²) in [6.45, 7) is 8.11. The van der Waals surface area contributed by atoms with Gasteiger partial charge in [0.05, 0.1) is 4.87 Å². The zero-order valence-electron chi connectivity index (χ0n) is 11.3. The minimum absolute atomic E-state index is 0.421. The van der Waals surface area contributed by atoms with Gasteiger partial charge in [0.15, 0.2) is 0 Å². The Kier molecular flexibility index (Phi) is 7.83. The van der Waals surface area contributed by atoms with Gasteiger partial charge in [-0.15, -0.1) is 0 Å². The van der Waals surface area contributed by atoms with Gasteiger partial charge in [-0.05, 0) is 37.4 Å². The summed E-state index contributed by atoms with van der Waals surface area (Å²) in [4.78, 5) is 10.5. The number of carbonyl (C=O) groups is 1. The third-order valence-electron chi connectivity index (χ3n) is 2.88. The van der Waals surface area contributed by atoms with E-state index in [2.05, 4.69) is 19.2 Å². The molecule has 5 heteroatoms. The lowest BCUT2D eigenvalue weighted by molar-refractivity contribution is 0.0917. The number of primary amides is 1. The first-order valence-electron chi connectivity index (χ1n) is 6.27. The van der Waals surface area contributed by atoms with Crippen molar-refractivity contribution in [3.63, 3.8) is 0 Å². The fourth-order valence-electron chi connectivity index (χ4n) is 1.83. The molecule has 3 unspecified atom stereocenters.